The lowest BCUT2D eigenvalue weighted by Gasteiger charge is -2.27. The maximum absolute atomic E-state index is 12.8. The molecule has 2 aliphatic rings. The molecule has 3 heterocycles. The number of hydrogen-bond donors (Lipinski definition) is 0. The minimum atomic E-state index is -0.0217. The third kappa shape index (κ3) is 4.93. The smallest absolute Gasteiger partial charge is 0.233 e. The number of piperidine rings is 1. The molecule has 0 aromatic carbocycles. The number of anilines is 1. The predicted molar refractivity (Wildman–Crippen MR) is 109 cm³/mol. The second-order valence-electron chi connectivity index (χ2n) is 7.52. The van der Waals surface area contributed by atoms with Crippen molar-refractivity contribution in [2.75, 3.05) is 30.3 Å². The van der Waals surface area contributed by atoms with Gasteiger partial charge in [-0.1, -0.05) is 11.8 Å². The molecule has 1 saturated carbocycles. The van der Waals surface area contributed by atoms with Crippen LogP contribution in [0.4, 0.5) is 5.95 Å². The molecule has 0 unspecified atom stereocenters. The van der Waals surface area contributed by atoms with E-state index in [1.807, 2.05) is 6.07 Å². The number of carbonyl (C=O) groups is 1. The third-order valence-electron chi connectivity index (χ3n) is 5.30. The summed E-state index contributed by atoms with van der Waals surface area (Å²) in [5.74, 6) is 1.93. The topological polar surface area (TPSA) is 91.2 Å². The lowest BCUT2D eigenvalue weighted by molar-refractivity contribution is -0.129. The van der Waals surface area contributed by atoms with Crippen LogP contribution in [0.25, 0.3) is 0 Å². The van der Waals surface area contributed by atoms with E-state index in [-0.39, 0.29) is 11.7 Å². The largest absolute Gasteiger partial charge is 0.467 e. The van der Waals surface area contributed by atoms with Gasteiger partial charge in [0.25, 0.3) is 0 Å². The summed E-state index contributed by atoms with van der Waals surface area (Å²) < 4.78 is 7.60. The Morgan fingerprint density at radius 3 is 2.83 bits per heavy atom. The minimum absolute atomic E-state index is 0.0217. The first-order valence-corrected chi connectivity index (χ1v) is 11.2. The standard InChI is InChI=1S/C20H26N6O2S/c21-9-5-12-25(14-17-6-4-13-28-17)18(27)15-29-20-23-22-19(26(20)16-7-8-16)24-10-2-1-3-11-24/h4,6,13,16H,1-3,5,7-8,10-12,14-15H2. The quantitative estimate of drug-likeness (QED) is 0.582. The average molecular weight is 415 g/mol. The summed E-state index contributed by atoms with van der Waals surface area (Å²) in [4.78, 5) is 16.8. The highest BCUT2D eigenvalue weighted by molar-refractivity contribution is 7.99. The molecule has 1 aliphatic heterocycles. The van der Waals surface area contributed by atoms with Crippen molar-refractivity contribution in [1.29, 1.82) is 5.26 Å². The van der Waals surface area contributed by atoms with Crippen molar-refractivity contribution in [1.82, 2.24) is 19.7 Å². The minimum Gasteiger partial charge on any atom is -0.467 e. The van der Waals surface area contributed by atoms with E-state index in [9.17, 15) is 4.79 Å². The van der Waals surface area contributed by atoms with Crippen LogP contribution in [0.2, 0.25) is 0 Å². The summed E-state index contributed by atoms with van der Waals surface area (Å²) >= 11 is 1.44. The molecule has 2 fully saturated rings. The lowest BCUT2D eigenvalue weighted by Crippen LogP contribution is -2.33. The first kappa shape index (κ1) is 19.8. The van der Waals surface area contributed by atoms with Crippen LogP contribution >= 0.6 is 11.8 Å². The summed E-state index contributed by atoms with van der Waals surface area (Å²) in [6, 6.07) is 6.22. The highest BCUT2D eigenvalue weighted by Crippen LogP contribution is 2.41. The van der Waals surface area contributed by atoms with Crippen molar-refractivity contribution in [3.8, 4) is 6.07 Å². The van der Waals surface area contributed by atoms with Crippen LogP contribution in [-0.4, -0.2) is 51.0 Å². The van der Waals surface area contributed by atoms with Crippen molar-refractivity contribution in [3.63, 3.8) is 0 Å². The molecule has 0 N–H and O–H groups in total. The Labute approximate surface area is 174 Å². The SMILES string of the molecule is N#CCCN(Cc1ccco1)C(=O)CSc1nnc(N2CCCCC2)n1C1CC1. The van der Waals surface area contributed by atoms with Gasteiger partial charge < -0.3 is 14.2 Å². The van der Waals surface area contributed by atoms with E-state index < -0.39 is 0 Å². The summed E-state index contributed by atoms with van der Waals surface area (Å²) in [5, 5.41) is 18.6. The second kappa shape index (κ2) is 9.35. The fourth-order valence-electron chi connectivity index (χ4n) is 3.61. The van der Waals surface area contributed by atoms with Gasteiger partial charge in [0, 0.05) is 25.7 Å². The summed E-state index contributed by atoms with van der Waals surface area (Å²) in [7, 11) is 0. The zero-order valence-corrected chi connectivity index (χ0v) is 17.3. The van der Waals surface area contributed by atoms with Gasteiger partial charge in [-0.25, -0.2) is 0 Å². The summed E-state index contributed by atoms with van der Waals surface area (Å²) in [6.07, 6.45) is 7.85. The molecule has 9 heteroatoms. The van der Waals surface area contributed by atoms with E-state index in [2.05, 4.69) is 25.7 Å². The molecule has 2 aromatic heterocycles. The molecule has 0 radical (unpaired) electrons. The summed E-state index contributed by atoms with van der Waals surface area (Å²) in [6.45, 7) is 2.83. The molecule has 4 rings (SSSR count). The highest BCUT2D eigenvalue weighted by atomic mass is 32.2. The Morgan fingerprint density at radius 1 is 1.31 bits per heavy atom. The van der Waals surface area contributed by atoms with Crippen molar-refractivity contribution in [3.05, 3.63) is 24.2 Å². The van der Waals surface area contributed by atoms with E-state index in [1.54, 1.807) is 17.2 Å². The van der Waals surface area contributed by atoms with Crippen LogP contribution in [0.5, 0.6) is 0 Å². The second-order valence-corrected chi connectivity index (χ2v) is 8.47. The Balaban J connectivity index is 1.42. The molecule has 1 aliphatic carbocycles. The monoisotopic (exact) mass is 414 g/mol. The number of carbonyl (C=O) groups excluding carboxylic acids is 1. The van der Waals surface area contributed by atoms with E-state index in [0.717, 1.165) is 42.8 Å². The lowest BCUT2D eigenvalue weighted by atomic mass is 10.1. The van der Waals surface area contributed by atoms with Gasteiger partial charge in [-0.3, -0.25) is 9.36 Å². The Hall–Kier alpha value is -2.47. The Morgan fingerprint density at radius 2 is 2.14 bits per heavy atom. The van der Waals surface area contributed by atoms with Gasteiger partial charge in [0.05, 0.1) is 31.1 Å². The number of aromatic nitrogens is 3. The number of furan rings is 1. The van der Waals surface area contributed by atoms with Gasteiger partial charge in [-0.15, -0.1) is 10.2 Å². The van der Waals surface area contributed by atoms with Crippen LogP contribution in [0, 0.1) is 11.3 Å². The molecular weight excluding hydrogens is 388 g/mol. The molecule has 154 valence electrons. The number of thioether (sulfide) groups is 1. The van der Waals surface area contributed by atoms with Gasteiger partial charge in [0.1, 0.15) is 5.76 Å². The molecule has 0 bridgehead atoms. The fourth-order valence-corrected chi connectivity index (χ4v) is 4.52. The molecule has 8 nitrogen and oxygen atoms in total. The fraction of sp³-hybridized carbons (Fsp3) is 0.600. The van der Waals surface area contributed by atoms with Gasteiger partial charge in [0.15, 0.2) is 5.16 Å². The van der Waals surface area contributed by atoms with Crippen molar-refractivity contribution in [2.45, 2.75) is 56.3 Å². The normalized spacial score (nSPS) is 16.6. The van der Waals surface area contributed by atoms with E-state index >= 15 is 0 Å². The predicted octanol–water partition coefficient (Wildman–Crippen LogP) is 3.23. The van der Waals surface area contributed by atoms with Gasteiger partial charge in [-0.2, -0.15) is 5.26 Å². The van der Waals surface area contributed by atoms with Crippen LogP contribution in [0.3, 0.4) is 0 Å². The van der Waals surface area contributed by atoms with Crippen LogP contribution in [0.1, 0.15) is 50.3 Å². The number of nitrogens with zero attached hydrogens (tertiary/aromatic N) is 6. The van der Waals surface area contributed by atoms with Crippen molar-refractivity contribution < 1.29 is 9.21 Å². The van der Waals surface area contributed by atoms with Gasteiger partial charge >= 0.3 is 0 Å². The first-order valence-electron chi connectivity index (χ1n) is 10.3. The third-order valence-corrected chi connectivity index (χ3v) is 6.22. The van der Waals surface area contributed by atoms with Crippen LogP contribution < -0.4 is 4.90 Å². The van der Waals surface area contributed by atoms with E-state index in [0.29, 0.717) is 25.6 Å². The molecular formula is C20H26N6O2S. The first-order chi connectivity index (χ1) is 14.3. The van der Waals surface area contributed by atoms with E-state index in [1.165, 1.54) is 31.0 Å². The van der Waals surface area contributed by atoms with Crippen molar-refractivity contribution >= 4 is 23.6 Å². The number of nitriles is 1. The van der Waals surface area contributed by atoms with Crippen LogP contribution in [-0.2, 0) is 11.3 Å². The Kier molecular flexibility index (Phi) is 6.39. The maximum atomic E-state index is 12.8. The molecule has 0 atom stereocenters. The van der Waals surface area contributed by atoms with Crippen molar-refractivity contribution in [2.24, 2.45) is 0 Å². The molecule has 0 spiro atoms. The zero-order chi connectivity index (χ0) is 20.1. The van der Waals surface area contributed by atoms with Gasteiger partial charge in [-0.05, 0) is 44.2 Å². The number of amides is 1. The maximum Gasteiger partial charge on any atom is 0.233 e. The molecule has 2 aromatic rings. The van der Waals surface area contributed by atoms with Gasteiger partial charge in [0.2, 0.25) is 11.9 Å². The molecule has 29 heavy (non-hydrogen) atoms. The van der Waals surface area contributed by atoms with Crippen LogP contribution in [0.15, 0.2) is 28.0 Å². The Bertz CT molecular complexity index is 849. The van der Waals surface area contributed by atoms with E-state index in [4.69, 9.17) is 9.68 Å². The zero-order valence-electron chi connectivity index (χ0n) is 16.5. The molecule has 1 amide bonds. The average Bonchev–Trinajstić information content (AvgIpc) is 3.29. The highest BCUT2D eigenvalue weighted by Gasteiger charge is 2.32. The number of rotatable bonds is 9. The molecule has 1 saturated heterocycles. The summed E-state index contributed by atoms with van der Waals surface area (Å²) in [5.41, 5.74) is 0. The number of hydrogen-bond acceptors (Lipinski definition) is 7.